The molecule has 0 saturated heterocycles. The van der Waals surface area contributed by atoms with Gasteiger partial charge in [-0.1, -0.05) is 13.0 Å². The number of phenolic OH excluding ortho intramolecular Hbond substituents is 1. The fourth-order valence-electron chi connectivity index (χ4n) is 5.64. The number of likely N-dealkylation sites (N-methyl/N-ethyl adjacent to an activating group) is 1. The number of aromatic hydroxyl groups is 1. The van der Waals surface area contributed by atoms with E-state index in [0.29, 0.717) is 12.2 Å². The first-order valence-corrected chi connectivity index (χ1v) is 12.1. The van der Waals surface area contributed by atoms with Crippen molar-refractivity contribution < 1.29 is 34.0 Å². The van der Waals surface area contributed by atoms with Crippen molar-refractivity contribution >= 4 is 12.1 Å². The molecule has 0 fully saturated rings. The number of hydrogen-bond acceptors (Lipinski definition) is 8. The molecule has 1 heterocycles. The van der Waals surface area contributed by atoms with E-state index in [9.17, 15) is 19.8 Å². The summed E-state index contributed by atoms with van der Waals surface area (Å²) in [4.78, 5) is 27.1. The van der Waals surface area contributed by atoms with Crippen LogP contribution in [0.25, 0.3) is 0 Å². The van der Waals surface area contributed by atoms with Crippen LogP contribution in [-0.4, -0.2) is 70.2 Å². The van der Waals surface area contributed by atoms with Crippen LogP contribution in [0.3, 0.4) is 0 Å². The van der Waals surface area contributed by atoms with Crippen molar-refractivity contribution in [3.05, 3.63) is 35.1 Å². The van der Waals surface area contributed by atoms with E-state index in [1.54, 1.807) is 32.9 Å². The van der Waals surface area contributed by atoms with Crippen molar-refractivity contribution in [2.24, 2.45) is 0 Å². The summed E-state index contributed by atoms with van der Waals surface area (Å²) in [6.45, 7) is 11.4. The summed E-state index contributed by atoms with van der Waals surface area (Å²) in [5.74, 6) is -0.135. The van der Waals surface area contributed by atoms with Crippen LogP contribution in [0, 0.1) is 0 Å². The highest BCUT2D eigenvalue weighted by Crippen LogP contribution is 2.62. The second kappa shape index (κ2) is 8.41. The van der Waals surface area contributed by atoms with Crippen molar-refractivity contribution in [1.82, 2.24) is 10.2 Å². The fraction of sp³-hybridized carbons (Fsp3) is 0.615. The number of amides is 1. The van der Waals surface area contributed by atoms with Crippen LogP contribution in [-0.2, 0) is 26.1 Å². The van der Waals surface area contributed by atoms with Crippen LogP contribution in [0.15, 0.2) is 24.0 Å². The number of hydrogen-bond donors (Lipinski definition) is 3. The zero-order chi connectivity index (χ0) is 25.9. The third-order valence-electron chi connectivity index (χ3n) is 7.58. The highest BCUT2D eigenvalue weighted by atomic mass is 16.6. The minimum Gasteiger partial charge on any atom is -0.504 e. The predicted molar refractivity (Wildman–Crippen MR) is 128 cm³/mol. The van der Waals surface area contributed by atoms with Gasteiger partial charge in [0.25, 0.3) is 0 Å². The smallest absolute Gasteiger partial charge is 0.408 e. The number of nitrogens with zero attached hydrogens (tertiary/aromatic N) is 1. The van der Waals surface area contributed by atoms with Crippen molar-refractivity contribution in [3.63, 3.8) is 0 Å². The molecule has 9 heteroatoms. The number of aliphatic hydroxyl groups is 1. The lowest BCUT2D eigenvalue weighted by molar-refractivity contribution is -0.151. The molecule has 1 aliphatic heterocycles. The van der Waals surface area contributed by atoms with Gasteiger partial charge in [0.05, 0.1) is 11.0 Å². The van der Waals surface area contributed by atoms with Gasteiger partial charge in [-0.15, -0.1) is 0 Å². The van der Waals surface area contributed by atoms with Gasteiger partial charge in [0.1, 0.15) is 17.4 Å². The zero-order valence-corrected chi connectivity index (χ0v) is 21.5. The van der Waals surface area contributed by atoms with Crippen LogP contribution in [0.4, 0.5) is 4.79 Å². The number of carbonyl (C=O) groups excluding carboxylic acids is 2. The minimum absolute atomic E-state index is 0.0188. The molecule has 0 bridgehead atoms. The Balaban J connectivity index is 1.65. The van der Waals surface area contributed by atoms with Gasteiger partial charge in [-0.2, -0.15) is 0 Å². The van der Waals surface area contributed by atoms with E-state index in [1.165, 1.54) is 6.92 Å². The molecule has 1 amide bonds. The lowest BCUT2D eigenvalue weighted by Gasteiger charge is -2.56. The number of ether oxygens (including phenoxy) is 3. The summed E-state index contributed by atoms with van der Waals surface area (Å²) in [6.07, 6.45) is 0.986. The van der Waals surface area contributed by atoms with Crippen LogP contribution in [0.2, 0.25) is 0 Å². The lowest BCUT2D eigenvalue weighted by Crippen LogP contribution is -2.69. The van der Waals surface area contributed by atoms with Crippen molar-refractivity contribution in [3.8, 4) is 11.5 Å². The predicted octanol–water partition coefficient (Wildman–Crippen LogP) is 2.76. The van der Waals surface area contributed by atoms with E-state index in [2.05, 4.69) is 10.2 Å². The summed E-state index contributed by atoms with van der Waals surface area (Å²) in [7, 11) is 1.98. The van der Waals surface area contributed by atoms with E-state index < -0.39 is 40.8 Å². The molecule has 0 spiro atoms. The summed E-state index contributed by atoms with van der Waals surface area (Å²) >= 11 is 0. The zero-order valence-electron chi connectivity index (χ0n) is 21.5. The van der Waals surface area contributed by atoms with Gasteiger partial charge in [-0.05, 0) is 72.3 Å². The molecule has 2 aliphatic carbocycles. The number of esters is 1. The molecule has 3 aliphatic rings. The van der Waals surface area contributed by atoms with E-state index in [4.69, 9.17) is 14.2 Å². The van der Waals surface area contributed by atoms with E-state index >= 15 is 0 Å². The Morgan fingerprint density at radius 3 is 2.66 bits per heavy atom. The first-order chi connectivity index (χ1) is 16.2. The second-order valence-electron chi connectivity index (χ2n) is 11.0. The maximum atomic E-state index is 12.9. The fourth-order valence-corrected chi connectivity index (χ4v) is 5.64. The molecule has 9 nitrogen and oxygen atoms in total. The average molecular weight is 489 g/mol. The quantitative estimate of drug-likeness (QED) is 0.542. The molecule has 5 atom stereocenters. The van der Waals surface area contributed by atoms with E-state index in [-0.39, 0.29) is 24.0 Å². The molecule has 4 rings (SSSR count). The Hall–Kier alpha value is -2.78. The van der Waals surface area contributed by atoms with Crippen molar-refractivity contribution in [2.75, 3.05) is 13.6 Å². The molecule has 3 N–H and O–H groups in total. The molecule has 0 aromatic heterocycles. The second-order valence-corrected chi connectivity index (χ2v) is 11.0. The Bertz CT molecular complexity index is 1080. The average Bonchev–Trinajstić information content (AvgIpc) is 3.09. The molecule has 1 aromatic rings. The monoisotopic (exact) mass is 488 g/mol. The first-order valence-electron chi connectivity index (χ1n) is 12.1. The first kappa shape index (κ1) is 25.3. The van der Waals surface area contributed by atoms with Gasteiger partial charge in [0.15, 0.2) is 17.6 Å². The minimum atomic E-state index is -1.22. The molecule has 35 heavy (non-hydrogen) atoms. The third-order valence-corrected chi connectivity index (χ3v) is 7.58. The van der Waals surface area contributed by atoms with Gasteiger partial charge in [0.2, 0.25) is 0 Å². The Morgan fingerprint density at radius 1 is 1.34 bits per heavy atom. The molecular weight excluding hydrogens is 452 g/mol. The number of benzene rings is 1. The maximum Gasteiger partial charge on any atom is 0.408 e. The molecule has 0 saturated carbocycles. The van der Waals surface area contributed by atoms with Crippen LogP contribution < -0.4 is 10.1 Å². The highest BCUT2D eigenvalue weighted by molar-refractivity contribution is 5.82. The molecule has 1 aromatic carbocycles. The van der Waals surface area contributed by atoms with E-state index in [0.717, 1.165) is 17.7 Å². The highest BCUT2D eigenvalue weighted by Gasteiger charge is 2.68. The van der Waals surface area contributed by atoms with E-state index in [1.807, 2.05) is 27.0 Å². The summed E-state index contributed by atoms with van der Waals surface area (Å²) < 4.78 is 17.2. The molecular formula is C26H36N2O7. The van der Waals surface area contributed by atoms with Gasteiger partial charge >= 0.3 is 12.1 Å². The molecule has 0 unspecified atom stereocenters. The largest absolute Gasteiger partial charge is 0.504 e. The Morgan fingerprint density at radius 2 is 2.03 bits per heavy atom. The summed E-state index contributed by atoms with van der Waals surface area (Å²) in [5, 5.41) is 25.2. The van der Waals surface area contributed by atoms with Crippen LogP contribution in [0.1, 0.15) is 59.1 Å². The normalized spacial score (nSPS) is 29.6. The topological polar surface area (TPSA) is 118 Å². The van der Waals surface area contributed by atoms with Gasteiger partial charge < -0.3 is 34.6 Å². The van der Waals surface area contributed by atoms with Crippen LogP contribution in [0.5, 0.6) is 11.5 Å². The number of alkyl carbamates (subject to hydrolysis) is 1. The van der Waals surface area contributed by atoms with Gasteiger partial charge in [-0.3, -0.25) is 0 Å². The number of carbonyl (C=O) groups is 2. The molecule has 192 valence electrons. The summed E-state index contributed by atoms with van der Waals surface area (Å²) in [5.41, 5.74) is -1.14. The maximum absolute atomic E-state index is 12.9. The van der Waals surface area contributed by atoms with Crippen molar-refractivity contribution in [2.45, 2.75) is 89.2 Å². The van der Waals surface area contributed by atoms with Gasteiger partial charge in [-0.25, -0.2) is 9.59 Å². The number of rotatable bonds is 5. The SMILES string of the molecule is CCN(C)[C@@H]1Cc2ccc(O)c3c2[C@@]2(C)[C@@H](O3)C(OC(=O)[C@H](C)NC(=O)OC(C)(C)C)=CC[C@@]12O. The van der Waals surface area contributed by atoms with Gasteiger partial charge in [0, 0.05) is 18.0 Å². The lowest BCUT2D eigenvalue weighted by atomic mass is 9.54. The number of nitrogens with one attached hydrogen (secondary N) is 1. The summed E-state index contributed by atoms with van der Waals surface area (Å²) in [6, 6.07) is 2.30. The standard InChI is InChI=1S/C26H36N2O7/c1-8-28(7)18-13-15-9-10-16(29)20-19(15)25(6)21(34-20)17(11-12-26(18,25)32)33-22(30)14(2)27-23(31)35-24(3,4)5/h9-11,14,18,21,29,32H,8,12-13H2,1-7H3,(H,27,31)/t14-,18+,21-,25-,26+/m0/s1. The Labute approximate surface area is 206 Å². The van der Waals surface area contributed by atoms with Crippen molar-refractivity contribution in [1.29, 1.82) is 0 Å². The van der Waals surface area contributed by atoms with Crippen LogP contribution >= 0.6 is 0 Å². The number of phenols is 1. The third kappa shape index (κ3) is 3.94. The Kier molecular flexibility index (Phi) is 6.08. The molecule has 0 radical (unpaired) electrons.